The highest BCUT2D eigenvalue weighted by Gasteiger charge is 2.27. The Balaban J connectivity index is 1.43. The number of benzene rings is 1. The first kappa shape index (κ1) is 17.3. The van der Waals surface area contributed by atoms with E-state index in [2.05, 4.69) is 15.0 Å². The first-order chi connectivity index (χ1) is 13.1. The van der Waals surface area contributed by atoms with Crippen LogP contribution >= 0.6 is 0 Å². The molecule has 27 heavy (non-hydrogen) atoms. The molecule has 0 saturated carbocycles. The molecule has 1 aromatic carbocycles. The molecule has 0 N–H and O–H groups in total. The number of carbonyl (C=O) groups excluding carboxylic acids is 1. The third kappa shape index (κ3) is 3.72. The Bertz CT molecular complexity index is 970. The van der Waals surface area contributed by atoms with Gasteiger partial charge in [0, 0.05) is 43.8 Å². The Labute approximate surface area is 156 Å². The van der Waals surface area contributed by atoms with Crippen molar-refractivity contribution in [2.75, 3.05) is 13.1 Å². The monoisotopic (exact) mass is 365 g/mol. The molecule has 7 heteroatoms. The first-order valence-electron chi connectivity index (χ1n) is 8.93. The molecule has 0 spiro atoms. The summed E-state index contributed by atoms with van der Waals surface area (Å²) in [6.07, 6.45) is 6.85. The number of aromatic nitrogens is 4. The van der Waals surface area contributed by atoms with Crippen molar-refractivity contribution in [1.29, 1.82) is 0 Å². The zero-order valence-corrected chi connectivity index (χ0v) is 15.0. The van der Waals surface area contributed by atoms with Gasteiger partial charge in [0.15, 0.2) is 5.82 Å². The quantitative estimate of drug-likeness (QED) is 0.713. The van der Waals surface area contributed by atoms with Gasteiger partial charge < -0.3 is 9.47 Å². The van der Waals surface area contributed by atoms with Crippen molar-refractivity contribution in [3.8, 4) is 11.5 Å². The molecule has 0 radical (unpaired) electrons. The highest BCUT2D eigenvalue weighted by molar-refractivity contribution is 5.94. The van der Waals surface area contributed by atoms with Crippen LogP contribution in [-0.4, -0.2) is 43.4 Å². The van der Waals surface area contributed by atoms with Crippen molar-refractivity contribution in [3.63, 3.8) is 0 Å². The lowest BCUT2D eigenvalue weighted by Crippen LogP contribution is -2.29. The third-order valence-electron chi connectivity index (χ3n) is 4.92. The van der Waals surface area contributed by atoms with Crippen LogP contribution < -0.4 is 0 Å². The summed E-state index contributed by atoms with van der Waals surface area (Å²) >= 11 is 0. The molecule has 2 aromatic heterocycles. The zero-order chi connectivity index (χ0) is 18.8. The third-order valence-corrected chi connectivity index (χ3v) is 4.92. The lowest BCUT2D eigenvalue weighted by atomic mass is 10.0. The Morgan fingerprint density at radius 3 is 2.93 bits per heavy atom. The zero-order valence-electron chi connectivity index (χ0n) is 15.0. The van der Waals surface area contributed by atoms with E-state index in [-0.39, 0.29) is 11.7 Å². The molecule has 3 aromatic rings. The highest BCUT2D eigenvalue weighted by Crippen LogP contribution is 2.23. The van der Waals surface area contributed by atoms with Crippen molar-refractivity contribution in [2.24, 2.45) is 13.0 Å². The molecule has 1 aliphatic rings. The average molecular weight is 365 g/mol. The number of hydrogen-bond donors (Lipinski definition) is 0. The van der Waals surface area contributed by atoms with Crippen molar-refractivity contribution >= 4 is 5.91 Å². The van der Waals surface area contributed by atoms with Gasteiger partial charge in [-0.25, -0.2) is 19.3 Å². The largest absolute Gasteiger partial charge is 0.338 e. The predicted molar refractivity (Wildman–Crippen MR) is 98.3 cm³/mol. The molecule has 1 amide bonds. The second kappa shape index (κ2) is 7.26. The van der Waals surface area contributed by atoms with Gasteiger partial charge in [-0.1, -0.05) is 6.07 Å². The summed E-state index contributed by atoms with van der Waals surface area (Å²) in [5.41, 5.74) is 2.13. The molecule has 1 fully saturated rings. The number of aryl methyl sites for hydroxylation is 1. The number of halogens is 1. The molecule has 138 valence electrons. The minimum atomic E-state index is -0.389. The van der Waals surface area contributed by atoms with Crippen LogP contribution in [0, 0.1) is 11.7 Å². The molecule has 0 aliphatic carbocycles. The summed E-state index contributed by atoms with van der Waals surface area (Å²) in [5.74, 6) is 0.618. The van der Waals surface area contributed by atoms with Crippen molar-refractivity contribution in [2.45, 2.75) is 12.8 Å². The van der Waals surface area contributed by atoms with Gasteiger partial charge in [-0.3, -0.25) is 4.79 Å². The van der Waals surface area contributed by atoms with Gasteiger partial charge in [-0.05, 0) is 43.0 Å². The van der Waals surface area contributed by atoms with Gasteiger partial charge in [0.2, 0.25) is 0 Å². The Hall–Kier alpha value is -3.09. The summed E-state index contributed by atoms with van der Waals surface area (Å²) < 4.78 is 15.3. The highest BCUT2D eigenvalue weighted by atomic mass is 19.1. The topological polar surface area (TPSA) is 63.9 Å². The summed E-state index contributed by atoms with van der Waals surface area (Å²) in [4.78, 5) is 27.4. The molecule has 4 rings (SSSR count). The molecule has 3 heterocycles. The normalized spacial score (nSPS) is 16.7. The van der Waals surface area contributed by atoms with Gasteiger partial charge in [0.25, 0.3) is 5.91 Å². The van der Waals surface area contributed by atoms with Gasteiger partial charge in [-0.15, -0.1) is 0 Å². The molecule has 1 atom stereocenters. The smallest absolute Gasteiger partial charge is 0.253 e. The summed E-state index contributed by atoms with van der Waals surface area (Å²) in [7, 11) is 1.93. The Morgan fingerprint density at radius 1 is 1.26 bits per heavy atom. The van der Waals surface area contributed by atoms with Gasteiger partial charge in [-0.2, -0.15) is 0 Å². The van der Waals surface area contributed by atoms with E-state index < -0.39 is 0 Å². The van der Waals surface area contributed by atoms with Gasteiger partial charge >= 0.3 is 0 Å². The number of likely N-dealkylation sites (tertiary alicyclic amines) is 1. The molecule has 0 unspecified atom stereocenters. The first-order valence-corrected chi connectivity index (χ1v) is 8.93. The number of amides is 1. The number of carbonyl (C=O) groups is 1. The second-order valence-corrected chi connectivity index (χ2v) is 6.88. The van der Waals surface area contributed by atoms with Crippen LogP contribution in [0.3, 0.4) is 0 Å². The molecule has 1 saturated heterocycles. The molecule has 1 aliphatic heterocycles. The maximum absolute atomic E-state index is 13.4. The Morgan fingerprint density at radius 2 is 2.15 bits per heavy atom. The van der Waals surface area contributed by atoms with E-state index in [0.717, 1.165) is 30.1 Å². The van der Waals surface area contributed by atoms with E-state index in [9.17, 15) is 9.18 Å². The molecule has 0 bridgehead atoms. The lowest BCUT2D eigenvalue weighted by molar-refractivity contribution is 0.0786. The van der Waals surface area contributed by atoms with E-state index in [0.29, 0.717) is 24.6 Å². The molecule has 6 nitrogen and oxygen atoms in total. The second-order valence-electron chi connectivity index (χ2n) is 6.88. The van der Waals surface area contributed by atoms with Crippen LogP contribution in [0.25, 0.3) is 11.5 Å². The van der Waals surface area contributed by atoms with E-state index >= 15 is 0 Å². The molecular weight excluding hydrogens is 345 g/mol. The van der Waals surface area contributed by atoms with Crippen LogP contribution in [0.4, 0.5) is 4.39 Å². The van der Waals surface area contributed by atoms with Gasteiger partial charge in [0.1, 0.15) is 17.8 Å². The standard InChI is InChI=1S/C20H20FN5O/c1-25-8-6-22-19(25)18-11-17(23-13-24-18)9-14-5-7-26(12-14)20(27)15-3-2-4-16(21)10-15/h2-4,6,8,10-11,13-14H,5,7,9,12H2,1H3/t14-/m0/s1. The SMILES string of the molecule is Cn1ccnc1-c1cc(C[C@@H]2CCN(C(=O)c3cccc(F)c3)C2)ncn1. The fourth-order valence-corrected chi connectivity index (χ4v) is 3.53. The van der Waals surface area contributed by atoms with E-state index in [4.69, 9.17) is 0 Å². The van der Waals surface area contributed by atoms with Gasteiger partial charge in [0.05, 0.1) is 0 Å². The van der Waals surface area contributed by atoms with Crippen LogP contribution in [0.2, 0.25) is 0 Å². The lowest BCUT2D eigenvalue weighted by Gasteiger charge is -2.16. The summed E-state index contributed by atoms with van der Waals surface area (Å²) in [5, 5.41) is 0. The maximum Gasteiger partial charge on any atom is 0.253 e. The van der Waals surface area contributed by atoms with Crippen molar-refractivity contribution < 1.29 is 9.18 Å². The predicted octanol–water partition coefficient (Wildman–Crippen LogP) is 2.72. The van der Waals surface area contributed by atoms with E-state index in [1.807, 2.05) is 23.9 Å². The number of hydrogen-bond acceptors (Lipinski definition) is 4. The minimum absolute atomic E-state index is 0.117. The number of imidazole rings is 1. The van der Waals surface area contributed by atoms with Crippen LogP contribution in [-0.2, 0) is 13.5 Å². The van der Waals surface area contributed by atoms with Crippen LogP contribution in [0.15, 0.2) is 49.1 Å². The maximum atomic E-state index is 13.4. The number of rotatable bonds is 4. The minimum Gasteiger partial charge on any atom is -0.338 e. The summed E-state index contributed by atoms with van der Waals surface area (Å²) in [6, 6.07) is 7.81. The van der Waals surface area contributed by atoms with Crippen molar-refractivity contribution in [3.05, 3.63) is 66.1 Å². The van der Waals surface area contributed by atoms with Crippen molar-refractivity contribution in [1.82, 2.24) is 24.4 Å². The van der Waals surface area contributed by atoms with E-state index in [1.165, 1.54) is 12.1 Å². The molecular formula is C20H20FN5O. The summed E-state index contributed by atoms with van der Waals surface area (Å²) in [6.45, 7) is 1.33. The average Bonchev–Trinajstić information content (AvgIpc) is 3.30. The van der Waals surface area contributed by atoms with Crippen LogP contribution in [0.1, 0.15) is 22.5 Å². The fraction of sp³-hybridized carbons (Fsp3) is 0.300. The van der Waals surface area contributed by atoms with E-state index in [1.54, 1.807) is 29.6 Å². The fourth-order valence-electron chi connectivity index (χ4n) is 3.53. The van der Waals surface area contributed by atoms with Crippen LogP contribution in [0.5, 0.6) is 0 Å². The number of nitrogens with zero attached hydrogens (tertiary/aromatic N) is 5. The Kier molecular flexibility index (Phi) is 4.66.